The minimum Gasteiger partial charge on any atom is -0.493 e. The Morgan fingerprint density at radius 3 is 2.67 bits per heavy atom. The molecule has 0 radical (unpaired) electrons. The summed E-state index contributed by atoms with van der Waals surface area (Å²) < 4.78 is 30.3. The third-order valence-electron chi connectivity index (χ3n) is 4.30. The van der Waals surface area contributed by atoms with Gasteiger partial charge in [0.2, 0.25) is 0 Å². The zero-order valence-corrected chi connectivity index (χ0v) is 14.8. The number of pyridine rings is 1. The number of hydrogen-bond donors (Lipinski definition) is 1. The first-order valence-electron chi connectivity index (χ1n) is 8.13. The van der Waals surface area contributed by atoms with Gasteiger partial charge in [0.05, 0.1) is 28.6 Å². The highest BCUT2D eigenvalue weighted by Crippen LogP contribution is 2.36. The number of nitrogens with two attached hydrogens (primary N) is 1. The van der Waals surface area contributed by atoms with Crippen LogP contribution in [0.4, 0.5) is 5.69 Å². The van der Waals surface area contributed by atoms with Crippen LogP contribution in [0.15, 0.2) is 35.4 Å². The zero-order valence-electron chi connectivity index (χ0n) is 14.0. The maximum atomic E-state index is 12.2. The Labute approximate surface area is 142 Å². The molecule has 0 bridgehead atoms. The van der Waals surface area contributed by atoms with Crippen LogP contribution >= 0.6 is 0 Å². The van der Waals surface area contributed by atoms with Crippen molar-refractivity contribution in [1.29, 1.82) is 0 Å². The summed E-state index contributed by atoms with van der Waals surface area (Å²) in [4.78, 5) is 4.58. The number of aromatic nitrogens is 1. The van der Waals surface area contributed by atoms with E-state index >= 15 is 0 Å². The molecule has 0 aliphatic heterocycles. The van der Waals surface area contributed by atoms with Crippen molar-refractivity contribution in [2.45, 2.75) is 31.6 Å². The summed E-state index contributed by atoms with van der Waals surface area (Å²) in [6.45, 7) is 4.13. The maximum Gasteiger partial charge on any atom is 0.178 e. The average molecular weight is 346 g/mol. The van der Waals surface area contributed by atoms with Gasteiger partial charge in [0, 0.05) is 17.3 Å². The number of rotatable bonds is 6. The molecule has 0 saturated heterocycles. The standard InChI is InChI=1S/C18H22N2O3S/c1-3-24(21,22)15-6-7-18(23-11-13-4-5-13)16(9-15)14-8-17(19)12(2)20-10-14/h6-10,13H,3-5,11,19H2,1-2H3. The first kappa shape index (κ1) is 16.8. The van der Waals surface area contributed by atoms with E-state index < -0.39 is 9.84 Å². The van der Waals surface area contributed by atoms with Crippen LogP contribution in [0.3, 0.4) is 0 Å². The van der Waals surface area contributed by atoms with Gasteiger partial charge in [-0.25, -0.2) is 8.42 Å². The molecule has 1 aromatic carbocycles. The number of anilines is 1. The Balaban J connectivity index is 2.06. The SMILES string of the molecule is CCS(=O)(=O)c1ccc(OCC2CC2)c(-c2cnc(C)c(N)c2)c1. The Morgan fingerprint density at radius 1 is 1.29 bits per heavy atom. The van der Waals surface area contributed by atoms with E-state index in [1.807, 2.05) is 13.0 Å². The highest BCUT2D eigenvalue weighted by Gasteiger charge is 2.23. The molecule has 6 heteroatoms. The van der Waals surface area contributed by atoms with Crippen molar-refractivity contribution in [3.63, 3.8) is 0 Å². The second-order valence-electron chi connectivity index (χ2n) is 6.21. The Morgan fingerprint density at radius 2 is 2.04 bits per heavy atom. The molecule has 1 aliphatic rings. The van der Waals surface area contributed by atoms with Crippen LogP contribution in [0.1, 0.15) is 25.5 Å². The summed E-state index contributed by atoms with van der Waals surface area (Å²) in [5, 5.41) is 0. The summed E-state index contributed by atoms with van der Waals surface area (Å²) in [7, 11) is -3.29. The van der Waals surface area contributed by atoms with Crippen molar-refractivity contribution in [2.24, 2.45) is 5.92 Å². The van der Waals surface area contributed by atoms with Crippen LogP contribution in [-0.4, -0.2) is 25.8 Å². The van der Waals surface area contributed by atoms with E-state index in [-0.39, 0.29) is 10.6 Å². The fourth-order valence-corrected chi connectivity index (χ4v) is 3.32. The van der Waals surface area contributed by atoms with Crippen molar-refractivity contribution in [2.75, 3.05) is 18.1 Å². The molecule has 128 valence electrons. The number of nitrogen functional groups attached to an aromatic ring is 1. The molecule has 5 nitrogen and oxygen atoms in total. The monoisotopic (exact) mass is 346 g/mol. The second-order valence-corrected chi connectivity index (χ2v) is 8.49. The lowest BCUT2D eigenvalue weighted by molar-refractivity contribution is 0.301. The fourth-order valence-electron chi connectivity index (χ4n) is 2.41. The van der Waals surface area contributed by atoms with Crippen LogP contribution in [-0.2, 0) is 9.84 Å². The number of sulfone groups is 1. The molecular weight excluding hydrogens is 324 g/mol. The molecule has 1 fully saturated rings. The Hall–Kier alpha value is -2.08. The normalized spacial score (nSPS) is 14.6. The minimum atomic E-state index is -3.29. The Bertz CT molecular complexity index is 859. The van der Waals surface area contributed by atoms with Crippen LogP contribution in [0.25, 0.3) is 11.1 Å². The summed E-state index contributed by atoms with van der Waals surface area (Å²) in [5.41, 5.74) is 8.76. The van der Waals surface area contributed by atoms with E-state index in [2.05, 4.69) is 4.98 Å². The van der Waals surface area contributed by atoms with E-state index in [0.717, 1.165) is 11.3 Å². The molecule has 2 aromatic rings. The van der Waals surface area contributed by atoms with E-state index in [4.69, 9.17) is 10.5 Å². The lowest BCUT2D eigenvalue weighted by Gasteiger charge is -2.14. The van der Waals surface area contributed by atoms with Gasteiger partial charge >= 0.3 is 0 Å². The smallest absolute Gasteiger partial charge is 0.178 e. The van der Waals surface area contributed by atoms with E-state index in [0.29, 0.717) is 29.5 Å². The van der Waals surface area contributed by atoms with Gasteiger partial charge in [0.1, 0.15) is 5.75 Å². The van der Waals surface area contributed by atoms with Crippen LogP contribution < -0.4 is 10.5 Å². The third-order valence-corrected chi connectivity index (χ3v) is 6.03. The van der Waals surface area contributed by atoms with Gasteiger partial charge in [-0.2, -0.15) is 0 Å². The van der Waals surface area contributed by atoms with Crippen molar-refractivity contribution < 1.29 is 13.2 Å². The third kappa shape index (κ3) is 3.53. The predicted molar refractivity (Wildman–Crippen MR) is 94.8 cm³/mol. The summed E-state index contributed by atoms with van der Waals surface area (Å²) in [6, 6.07) is 6.81. The summed E-state index contributed by atoms with van der Waals surface area (Å²) >= 11 is 0. The van der Waals surface area contributed by atoms with Crippen molar-refractivity contribution in [3.05, 3.63) is 36.2 Å². The molecule has 2 N–H and O–H groups in total. The number of benzene rings is 1. The second kappa shape index (κ2) is 6.43. The van der Waals surface area contributed by atoms with Gasteiger partial charge < -0.3 is 10.5 Å². The molecule has 1 saturated carbocycles. The molecule has 3 rings (SSSR count). The van der Waals surface area contributed by atoms with E-state index in [1.165, 1.54) is 12.8 Å². The average Bonchev–Trinajstić information content (AvgIpc) is 3.39. The minimum absolute atomic E-state index is 0.0585. The quantitative estimate of drug-likeness (QED) is 0.868. The largest absolute Gasteiger partial charge is 0.493 e. The first-order valence-corrected chi connectivity index (χ1v) is 9.78. The van der Waals surface area contributed by atoms with Crippen LogP contribution in [0, 0.1) is 12.8 Å². The van der Waals surface area contributed by atoms with Crippen molar-refractivity contribution in [3.8, 4) is 16.9 Å². The first-order chi connectivity index (χ1) is 11.4. The lowest BCUT2D eigenvalue weighted by Crippen LogP contribution is -2.06. The van der Waals surface area contributed by atoms with Gasteiger partial charge in [-0.15, -0.1) is 0 Å². The highest BCUT2D eigenvalue weighted by molar-refractivity contribution is 7.91. The summed E-state index contributed by atoms with van der Waals surface area (Å²) in [6.07, 6.45) is 4.08. The molecule has 0 atom stereocenters. The van der Waals surface area contributed by atoms with Gasteiger partial charge in [-0.1, -0.05) is 6.92 Å². The predicted octanol–water partition coefficient (Wildman–Crippen LogP) is 3.22. The fraction of sp³-hybridized carbons (Fsp3) is 0.389. The van der Waals surface area contributed by atoms with Crippen molar-refractivity contribution in [1.82, 2.24) is 4.98 Å². The highest BCUT2D eigenvalue weighted by atomic mass is 32.2. The van der Waals surface area contributed by atoms with E-state index in [9.17, 15) is 8.42 Å². The van der Waals surface area contributed by atoms with Crippen LogP contribution in [0.2, 0.25) is 0 Å². The number of ether oxygens (including phenoxy) is 1. The maximum absolute atomic E-state index is 12.2. The van der Waals surface area contributed by atoms with E-state index in [1.54, 1.807) is 31.3 Å². The molecule has 0 amide bonds. The topological polar surface area (TPSA) is 82.3 Å². The van der Waals surface area contributed by atoms with Crippen molar-refractivity contribution >= 4 is 15.5 Å². The molecule has 1 aliphatic carbocycles. The number of nitrogens with zero attached hydrogens (tertiary/aromatic N) is 1. The van der Waals surface area contributed by atoms with Crippen LogP contribution in [0.5, 0.6) is 5.75 Å². The molecule has 1 aromatic heterocycles. The Kier molecular flexibility index (Phi) is 4.49. The molecule has 24 heavy (non-hydrogen) atoms. The van der Waals surface area contributed by atoms with Gasteiger partial charge in [-0.05, 0) is 49.9 Å². The molecule has 0 spiro atoms. The van der Waals surface area contributed by atoms with Gasteiger partial charge in [0.25, 0.3) is 0 Å². The van der Waals surface area contributed by atoms with Gasteiger partial charge in [-0.3, -0.25) is 4.98 Å². The zero-order chi connectivity index (χ0) is 17.3. The van der Waals surface area contributed by atoms with Gasteiger partial charge in [0.15, 0.2) is 9.84 Å². The summed E-state index contributed by atoms with van der Waals surface area (Å²) in [5.74, 6) is 1.34. The molecule has 0 unspecified atom stereocenters. The molecule has 1 heterocycles. The molecular formula is C18H22N2O3S. The number of aryl methyl sites for hydroxylation is 1. The number of hydrogen-bond acceptors (Lipinski definition) is 5. The lowest BCUT2D eigenvalue weighted by atomic mass is 10.1.